The molecular weight excluding hydrogens is 330 g/mol. The van der Waals surface area contributed by atoms with Gasteiger partial charge in [-0.15, -0.1) is 11.3 Å². The zero-order valence-corrected chi connectivity index (χ0v) is 15.1. The van der Waals surface area contributed by atoms with Crippen LogP contribution in [0.25, 0.3) is 10.2 Å². The van der Waals surface area contributed by atoms with Gasteiger partial charge in [0.05, 0.1) is 15.2 Å². The largest absolute Gasteiger partial charge is 0.370 e. The second-order valence-electron chi connectivity index (χ2n) is 6.44. The Hall–Kier alpha value is -2.40. The van der Waals surface area contributed by atoms with Crippen molar-refractivity contribution in [3.8, 4) is 0 Å². The Morgan fingerprint density at radius 2 is 1.92 bits per heavy atom. The number of carbonyl (C=O) groups is 1. The quantitative estimate of drug-likeness (QED) is 0.759. The summed E-state index contributed by atoms with van der Waals surface area (Å²) >= 11 is 1.68. The summed E-state index contributed by atoms with van der Waals surface area (Å²) in [6, 6.07) is 15.7. The number of anilines is 1. The molecule has 0 spiro atoms. The van der Waals surface area contributed by atoms with Gasteiger partial charge in [0.1, 0.15) is 6.04 Å². The summed E-state index contributed by atoms with van der Waals surface area (Å²) in [5, 5.41) is 4.52. The molecule has 2 aromatic carbocycles. The monoisotopic (exact) mass is 351 g/mol. The highest BCUT2D eigenvalue weighted by molar-refractivity contribution is 7.18. The minimum absolute atomic E-state index is 0.157. The van der Waals surface area contributed by atoms with E-state index in [4.69, 9.17) is 0 Å². The maximum atomic E-state index is 13.1. The Morgan fingerprint density at radius 3 is 2.68 bits per heavy atom. The van der Waals surface area contributed by atoms with Gasteiger partial charge in [-0.1, -0.05) is 30.3 Å². The fraction of sp³-hybridized carbons (Fsp3) is 0.300. The van der Waals surface area contributed by atoms with Crippen LogP contribution in [0.1, 0.15) is 29.5 Å². The topological polar surface area (TPSA) is 45.2 Å². The minimum atomic E-state index is -0.356. The van der Waals surface area contributed by atoms with Gasteiger partial charge in [0.15, 0.2) is 0 Å². The molecule has 1 atom stereocenters. The Morgan fingerprint density at radius 1 is 1.16 bits per heavy atom. The van der Waals surface area contributed by atoms with Crippen LogP contribution in [-0.4, -0.2) is 28.9 Å². The highest BCUT2D eigenvalue weighted by Gasteiger charge is 2.27. The summed E-state index contributed by atoms with van der Waals surface area (Å²) in [7, 11) is 0. The Kier molecular flexibility index (Phi) is 4.40. The molecule has 0 aliphatic carbocycles. The lowest BCUT2D eigenvalue weighted by molar-refractivity contribution is -0.131. The number of hydrogen-bond donors (Lipinski definition) is 1. The van der Waals surface area contributed by atoms with Crippen molar-refractivity contribution in [3.05, 3.63) is 59.1 Å². The number of thiazole rings is 1. The van der Waals surface area contributed by atoms with Crippen LogP contribution in [-0.2, 0) is 4.79 Å². The van der Waals surface area contributed by atoms with Crippen molar-refractivity contribution >= 4 is 33.1 Å². The Balaban J connectivity index is 1.65. The SMILES string of the molecule is Cc1nc2ccc(N[C@H](C(=O)N3CCCC3)c3ccccc3)cc2s1. The summed E-state index contributed by atoms with van der Waals surface area (Å²) in [5.74, 6) is 0.157. The fourth-order valence-corrected chi connectivity index (χ4v) is 4.22. The van der Waals surface area contributed by atoms with Gasteiger partial charge in [-0.05, 0) is 43.5 Å². The highest BCUT2D eigenvalue weighted by atomic mass is 32.1. The molecule has 4 nitrogen and oxygen atoms in total. The number of aromatic nitrogens is 1. The van der Waals surface area contributed by atoms with E-state index in [1.165, 1.54) is 0 Å². The van der Waals surface area contributed by atoms with Gasteiger partial charge in [-0.25, -0.2) is 4.98 Å². The van der Waals surface area contributed by atoms with Crippen molar-refractivity contribution in [1.82, 2.24) is 9.88 Å². The predicted octanol–water partition coefficient (Wildman–Crippen LogP) is 4.38. The number of nitrogens with one attached hydrogen (secondary N) is 1. The third kappa shape index (κ3) is 3.37. The number of fused-ring (bicyclic) bond motifs is 1. The maximum Gasteiger partial charge on any atom is 0.249 e. The molecule has 3 aromatic rings. The predicted molar refractivity (Wildman–Crippen MR) is 103 cm³/mol. The molecule has 0 saturated carbocycles. The van der Waals surface area contributed by atoms with Crippen molar-refractivity contribution in [1.29, 1.82) is 0 Å². The number of benzene rings is 2. The maximum absolute atomic E-state index is 13.1. The molecule has 0 radical (unpaired) electrons. The summed E-state index contributed by atoms with van der Waals surface area (Å²) in [6.45, 7) is 3.73. The first-order valence-electron chi connectivity index (χ1n) is 8.68. The normalized spacial score (nSPS) is 15.5. The molecule has 25 heavy (non-hydrogen) atoms. The van der Waals surface area contributed by atoms with Crippen molar-refractivity contribution in [2.75, 3.05) is 18.4 Å². The van der Waals surface area contributed by atoms with Crippen LogP contribution >= 0.6 is 11.3 Å². The van der Waals surface area contributed by atoms with Crippen molar-refractivity contribution in [3.63, 3.8) is 0 Å². The lowest BCUT2D eigenvalue weighted by Crippen LogP contribution is -2.36. The third-order valence-electron chi connectivity index (χ3n) is 4.60. The van der Waals surface area contributed by atoms with Gasteiger partial charge in [-0.2, -0.15) is 0 Å². The average molecular weight is 351 g/mol. The van der Waals surface area contributed by atoms with E-state index in [-0.39, 0.29) is 11.9 Å². The molecule has 1 aromatic heterocycles. The summed E-state index contributed by atoms with van der Waals surface area (Å²) < 4.78 is 1.14. The van der Waals surface area contributed by atoms with Gasteiger partial charge >= 0.3 is 0 Å². The Labute approximate surface area is 151 Å². The van der Waals surface area contributed by atoms with Crippen molar-refractivity contribution in [2.45, 2.75) is 25.8 Å². The van der Waals surface area contributed by atoms with E-state index < -0.39 is 0 Å². The number of hydrogen-bond acceptors (Lipinski definition) is 4. The molecule has 1 amide bonds. The third-order valence-corrected chi connectivity index (χ3v) is 5.54. The summed E-state index contributed by atoms with van der Waals surface area (Å²) in [4.78, 5) is 19.5. The van der Waals surface area contributed by atoms with Gasteiger partial charge in [0, 0.05) is 18.8 Å². The smallest absolute Gasteiger partial charge is 0.249 e. The first kappa shape index (κ1) is 16.1. The van der Waals surface area contributed by atoms with Crippen LogP contribution in [0.2, 0.25) is 0 Å². The van der Waals surface area contributed by atoms with Gasteiger partial charge < -0.3 is 10.2 Å². The zero-order valence-electron chi connectivity index (χ0n) is 14.2. The number of amides is 1. The number of likely N-dealkylation sites (tertiary alicyclic amines) is 1. The molecule has 1 saturated heterocycles. The lowest BCUT2D eigenvalue weighted by Gasteiger charge is -2.25. The molecule has 1 aliphatic rings. The zero-order chi connectivity index (χ0) is 17.2. The molecule has 5 heteroatoms. The first-order chi connectivity index (χ1) is 12.2. The molecule has 1 aliphatic heterocycles. The summed E-state index contributed by atoms with van der Waals surface area (Å²) in [6.07, 6.45) is 2.19. The first-order valence-corrected chi connectivity index (χ1v) is 9.50. The molecule has 0 unspecified atom stereocenters. The van der Waals surface area contributed by atoms with Crippen LogP contribution < -0.4 is 5.32 Å². The molecule has 1 N–H and O–H groups in total. The second-order valence-corrected chi connectivity index (χ2v) is 7.67. The molecular formula is C20H21N3OS. The van der Waals surface area contributed by atoms with Crippen molar-refractivity contribution < 1.29 is 4.79 Å². The minimum Gasteiger partial charge on any atom is -0.370 e. The molecule has 4 rings (SSSR count). The van der Waals surface area contributed by atoms with E-state index in [0.717, 1.165) is 52.4 Å². The van der Waals surface area contributed by atoms with E-state index in [2.05, 4.69) is 16.4 Å². The number of aryl methyl sites for hydroxylation is 1. The van der Waals surface area contributed by atoms with Gasteiger partial charge in [-0.3, -0.25) is 4.79 Å². The van der Waals surface area contributed by atoms with Crippen molar-refractivity contribution in [2.24, 2.45) is 0 Å². The fourth-order valence-electron chi connectivity index (χ4n) is 3.35. The molecule has 0 bridgehead atoms. The van der Waals surface area contributed by atoms with Crippen LogP contribution in [0.5, 0.6) is 0 Å². The number of carbonyl (C=O) groups excluding carboxylic acids is 1. The molecule has 2 heterocycles. The second kappa shape index (κ2) is 6.84. The van der Waals surface area contributed by atoms with E-state index in [1.54, 1.807) is 11.3 Å². The van der Waals surface area contributed by atoms with Crippen LogP contribution in [0.3, 0.4) is 0 Å². The number of nitrogens with zero attached hydrogens (tertiary/aromatic N) is 2. The van der Waals surface area contributed by atoms with Gasteiger partial charge in [0.25, 0.3) is 0 Å². The summed E-state index contributed by atoms with van der Waals surface area (Å²) in [5.41, 5.74) is 2.97. The van der Waals surface area contributed by atoms with Crippen LogP contribution in [0, 0.1) is 6.92 Å². The van der Waals surface area contributed by atoms with Crippen LogP contribution in [0.4, 0.5) is 5.69 Å². The Bertz CT molecular complexity index is 884. The van der Waals surface area contributed by atoms with Crippen LogP contribution in [0.15, 0.2) is 48.5 Å². The standard InChI is InChI=1S/C20H21N3OS/c1-14-21-17-10-9-16(13-18(17)25-14)22-19(15-7-3-2-4-8-15)20(24)23-11-5-6-12-23/h2-4,7-10,13,19,22H,5-6,11-12H2,1H3/t19-/m0/s1. The lowest BCUT2D eigenvalue weighted by atomic mass is 10.1. The molecule has 128 valence electrons. The highest BCUT2D eigenvalue weighted by Crippen LogP contribution is 2.28. The molecule has 1 fully saturated rings. The van der Waals surface area contributed by atoms with Gasteiger partial charge in [0.2, 0.25) is 5.91 Å². The van der Waals surface area contributed by atoms with E-state index in [9.17, 15) is 4.79 Å². The average Bonchev–Trinajstić information content (AvgIpc) is 3.28. The van der Waals surface area contributed by atoms with E-state index in [0.29, 0.717) is 0 Å². The van der Waals surface area contributed by atoms with E-state index in [1.807, 2.05) is 54.3 Å². The number of rotatable bonds is 4. The van der Waals surface area contributed by atoms with E-state index >= 15 is 0 Å².